The van der Waals surface area contributed by atoms with Crippen LogP contribution >= 0.6 is 0 Å². The number of aryl methyl sites for hydroxylation is 1. The number of nitrogens with zero attached hydrogens (tertiary/aromatic N) is 1. The summed E-state index contributed by atoms with van der Waals surface area (Å²) >= 11 is 0. The van der Waals surface area contributed by atoms with E-state index in [1.54, 1.807) is 12.1 Å². The molecule has 0 aromatic heterocycles. The quantitative estimate of drug-likeness (QED) is 0.365. The molecule has 1 unspecified atom stereocenters. The van der Waals surface area contributed by atoms with Gasteiger partial charge in [0.2, 0.25) is 0 Å². The van der Waals surface area contributed by atoms with Gasteiger partial charge in [-0.05, 0) is 101 Å². The standard InChI is InChI=1S/C32H33F2NO2/c1-21-3-6-26-18-27(32(36)37)11-14-29(26)31(30(21)24-9-12-28(34)13-10-24)25-7-4-22(5-8-25)17-23-19-35(20-23)16-2-15-33/h4-5,7-14,18,21,23H,2-3,6,15-17,19-20H2,1H3,(H,36,37). The molecule has 5 heteroatoms. The Morgan fingerprint density at radius 2 is 1.70 bits per heavy atom. The molecule has 0 spiro atoms. The summed E-state index contributed by atoms with van der Waals surface area (Å²) in [5.41, 5.74) is 7.99. The second-order valence-corrected chi connectivity index (χ2v) is 10.5. The van der Waals surface area contributed by atoms with E-state index in [0.717, 1.165) is 72.3 Å². The number of hydrogen-bond donors (Lipinski definition) is 1. The number of fused-ring (bicyclic) bond motifs is 1. The van der Waals surface area contributed by atoms with Crippen molar-refractivity contribution in [2.24, 2.45) is 11.8 Å². The van der Waals surface area contributed by atoms with Gasteiger partial charge in [-0.15, -0.1) is 0 Å². The molecule has 3 aromatic carbocycles. The van der Waals surface area contributed by atoms with Crippen molar-refractivity contribution in [3.8, 4) is 0 Å². The molecule has 37 heavy (non-hydrogen) atoms. The van der Waals surface area contributed by atoms with E-state index in [9.17, 15) is 18.7 Å². The summed E-state index contributed by atoms with van der Waals surface area (Å²) in [6.45, 7) is 4.84. The number of benzene rings is 3. The smallest absolute Gasteiger partial charge is 0.335 e. The molecule has 1 aliphatic heterocycles. The zero-order valence-electron chi connectivity index (χ0n) is 21.2. The summed E-state index contributed by atoms with van der Waals surface area (Å²) in [5.74, 6) is -0.367. The maximum Gasteiger partial charge on any atom is 0.335 e. The highest BCUT2D eigenvalue weighted by Gasteiger charge is 2.27. The van der Waals surface area contributed by atoms with Crippen molar-refractivity contribution in [2.45, 2.75) is 32.6 Å². The Hall–Kier alpha value is -3.31. The normalized spacial score (nSPS) is 18.3. The number of aromatic carboxylic acids is 1. The van der Waals surface area contributed by atoms with Crippen molar-refractivity contribution in [1.29, 1.82) is 0 Å². The fourth-order valence-electron chi connectivity index (χ4n) is 5.87. The third-order valence-corrected chi connectivity index (χ3v) is 7.79. The maximum atomic E-state index is 13.8. The van der Waals surface area contributed by atoms with Gasteiger partial charge in [-0.3, -0.25) is 4.39 Å². The third-order valence-electron chi connectivity index (χ3n) is 7.79. The predicted octanol–water partition coefficient (Wildman–Crippen LogP) is 6.90. The first-order valence-electron chi connectivity index (χ1n) is 13.2. The summed E-state index contributed by atoms with van der Waals surface area (Å²) in [5, 5.41) is 9.57. The zero-order valence-corrected chi connectivity index (χ0v) is 21.2. The number of carboxylic acid groups (broad SMARTS) is 1. The highest BCUT2D eigenvalue weighted by Crippen LogP contribution is 2.43. The van der Waals surface area contributed by atoms with E-state index in [4.69, 9.17) is 0 Å². The molecule has 0 bridgehead atoms. The van der Waals surface area contributed by atoms with Gasteiger partial charge in [0.15, 0.2) is 0 Å². The number of halogens is 2. The average molecular weight is 502 g/mol. The number of carboxylic acids is 1. The van der Waals surface area contributed by atoms with Crippen LogP contribution in [0.4, 0.5) is 8.78 Å². The highest BCUT2D eigenvalue weighted by molar-refractivity contribution is 6.01. The molecule has 2 aliphatic rings. The van der Waals surface area contributed by atoms with Crippen LogP contribution in [0.15, 0.2) is 66.7 Å². The van der Waals surface area contributed by atoms with E-state index in [1.807, 2.05) is 18.2 Å². The van der Waals surface area contributed by atoms with E-state index < -0.39 is 5.97 Å². The predicted molar refractivity (Wildman–Crippen MR) is 144 cm³/mol. The molecule has 192 valence electrons. The second-order valence-electron chi connectivity index (χ2n) is 10.5. The number of rotatable bonds is 8. The number of allylic oxidation sites excluding steroid dienone is 1. The molecule has 1 fully saturated rings. The lowest BCUT2D eigenvalue weighted by molar-refractivity contribution is 0.0696. The molecule has 5 rings (SSSR count). The first kappa shape index (κ1) is 25.3. The Kier molecular flexibility index (Phi) is 7.52. The Bertz CT molecular complexity index is 1290. The molecule has 1 heterocycles. The molecule has 1 N–H and O–H groups in total. The van der Waals surface area contributed by atoms with E-state index >= 15 is 0 Å². The molecule has 3 nitrogen and oxygen atoms in total. The molecular weight excluding hydrogens is 468 g/mol. The van der Waals surface area contributed by atoms with Crippen molar-refractivity contribution in [2.75, 3.05) is 26.3 Å². The zero-order chi connectivity index (χ0) is 25.9. The summed E-state index contributed by atoms with van der Waals surface area (Å²) in [6.07, 6.45) is 3.28. The SMILES string of the molecule is CC1CCc2cc(C(=O)O)ccc2C(c2ccc(CC3CN(CCCF)C3)cc2)=C1c1ccc(F)cc1. The van der Waals surface area contributed by atoms with Gasteiger partial charge in [0, 0.05) is 19.6 Å². The lowest BCUT2D eigenvalue weighted by Gasteiger charge is -2.39. The molecule has 0 amide bonds. The van der Waals surface area contributed by atoms with Gasteiger partial charge in [0.05, 0.1) is 12.2 Å². The monoisotopic (exact) mass is 501 g/mol. The minimum atomic E-state index is -0.923. The van der Waals surface area contributed by atoms with Crippen molar-refractivity contribution < 1.29 is 18.7 Å². The van der Waals surface area contributed by atoms with Crippen LogP contribution in [0.5, 0.6) is 0 Å². The van der Waals surface area contributed by atoms with E-state index in [2.05, 4.69) is 36.1 Å². The Labute approximate surface area is 217 Å². The number of hydrogen-bond acceptors (Lipinski definition) is 2. The Balaban J connectivity index is 1.51. The van der Waals surface area contributed by atoms with Crippen LogP contribution in [0.3, 0.4) is 0 Å². The molecule has 1 aliphatic carbocycles. The minimum absolute atomic E-state index is 0.214. The largest absolute Gasteiger partial charge is 0.478 e. The Morgan fingerprint density at radius 1 is 1.00 bits per heavy atom. The first-order valence-corrected chi connectivity index (χ1v) is 13.2. The topological polar surface area (TPSA) is 40.5 Å². The molecule has 3 aromatic rings. The number of likely N-dealkylation sites (tertiary alicyclic amines) is 1. The molecule has 1 atom stereocenters. The minimum Gasteiger partial charge on any atom is -0.478 e. The molecular formula is C32H33F2NO2. The van der Waals surface area contributed by atoms with Crippen LogP contribution in [0.25, 0.3) is 11.1 Å². The lowest BCUT2D eigenvalue weighted by Crippen LogP contribution is -2.47. The van der Waals surface area contributed by atoms with Crippen LogP contribution in [0.1, 0.15) is 57.9 Å². The van der Waals surface area contributed by atoms with Crippen LogP contribution in [-0.4, -0.2) is 42.3 Å². The van der Waals surface area contributed by atoms with Gasteiger partial charge >= 0.3 is 5.97 Å². The van der Waals surface area contributed by atoms with Gasteiger partial charge in [-0.1, -0.05) is 49.4 Å². The summed E-state index contributed by atoms with van der Waals surface area (Å²) in [6, 6.07) is 20.8. The van der Waals surface area contributed by atoms with Crippen molar-refractivity contribution >= 4 is 17.1 Å². The van der Waals surface area contributed by atoms with Crippen LogP contribution in [-0.2, 0) is 12.8 Å². The van der Waals surface area contributed by atoms with Crippen molar-refractivity contribution in [1.82, 2.24) is 4.90 Å². The fourth-order valence-corrected chi connectivity index (χ4v) is 5.87. The van der Waals surface area contributed by atoms with Crippen LogP contribution in [0, 0.1) is 17.7 Å². The lowest BCUT2D eigenvalue weighted by atomic mass is 9.83. The molecule has 1 saturated heterocycles. The van der Waals surface area contributed by atoms with E-state index in [1.165, 1.54) is 17.7 Å². The van der Waals surface area contributed by atoms with Gasteiger partial charge in [-0.25, -0.2) is 9.18 Å². The fraction of sp³-hybridized carbons (Fsp3) is 0.344. The van der Waals surface area contributed by atoms with Gasteiger partial charge in [-0.2, -0.15) is 0 Å². The average Bonchev–Trinajstić information content (AvgIpc) is 3.02. The maximum absolute atomic E-state index is 13.8. The summed E-state index contributed by atoms with van der Waals surface area (Å²) in [4.78, 5) is 14.0. The van der Waals surface area contributed by atoms with Crippen molar-refractivity contribution in [3.63, 3.8) is 0 Å². The highest BCUT2D eigenvalue weighted by atomic mass is 19.1. The summed E-state index contributed by atoms with van der Waals surface area (Å²) in [7, 11) is 0. The van der Waals surface area contributed by atoms with Crippen molar-refractivity contribution in [3.05, 3.63) is 106 Å². The number of alkyl halides is 1. The third kappa shape index (κ3) is 5.52. The van der Waals surface area contributed by atoms with Crippen LogP contribution in [0.2, 0.25) is 0 Å². The number of carbonyl (C=O) groups is 1. The first-order chi connectivity index (χ1) is 17.9. The van der Waals surface area contributed by atoms with Gasteiger partial charge < -0.3 is 10.0 Å². The van der Waals surface area contributed by atoms with Crippen LogP contribution < -0.4 is 0 Å². The Morgan fingerprint density at radius 3 is 2.38 bits per heavy atom. The van der Waals surface area contributed by atoms with E-state index in [0.29, 0.717) is 17.9 Å². The second kappa shape index (κ2) is 11.0. The molecule has 0 saturated carbocycles. The van der Waals surface area contributed by atoms with E-state index in [-0.39, 0.29) is 18.4 Å². The molecule has 0 radical (unpaired) electrons. The van der Waals surface area contributed by atoms with Gasteiger partial charge in [0.1, 0.15) is 5.82 Å². The van der Waals surface area contributed by atoms with Gasteiger partial charge in [0.25, 0.3) is 0 Å². The summed E-state index contributed by atoms with van der Waals surface area (Å²) < 4.78 is 26.2.